The number of rotatable bonds is 6. The Morgan fingerprint density at radius 1 is 1.11 bits per heavy atom. The van der Waals surface area contributed by atoms with Gasteiger partial charge in [-0.25, -0.2) is 9.37 Å². The summed E-state index contributed by atoms with van der Waals surface area (Å²) in [6, 6.07) is 14.9. The van der Waals surface area contributed by atoms with Gasteiger partial charge in [-0.2, -0.15) is 0 Å². The average molecular weight is 383 g/mol. The van der Waals surface area contributed by atoms with Crippen molar-refractivity contribution in [2.45, 2.75) is 19.4 Å². The molecule has 2 aromatic carbocycles. The average Bonchev–Trinajstić information content (AvgIpc) is 3.10. The predicted octanol–water partition coefficient (Wildman–Crippen LogP) is 4.16. The highest BCUT2D eigenvalue weighted by Crippen LogP contribution is 2.26. The Bertz CT molecular complexity index is 926. The summed E-state index contributed by atoms with van der Waals surface area (Å²) >= 11 is 1.29. The Labute approximate surface area is 160 Å². The first-order valence-electron chi connectivity index (χ1n) is 8.34. The molecule has 1 unspecified atom stereocenters. The number of hydrogen-bond donors (Lipinski definition) is 2. The molecule has 0 bridgehead atoms. The number of halogens is 1. The van der Waals surface area contributed by atoms with Crippen LogP contribution in [0.5, 0.6) is 0 Å². The second kappa shape index (κ2) is 8.55. The van der Waals surface area contributed by atoms with Crippen molar-refractivity contribution in [2.75, 3.05) is 5.32 Å². The minimum Gasteiger partial charge on any atom is -0.349 e. The van der Waals surface area contributed by atoms with Crippen LogP contribution < -0.4 is 10.6 Å². The summed E-state index contributed by atoms with van der Waals surface area (Å²) < 4.78 is 13.0. The van der Waals surface area contributed by atoms with Crippen LogP contribution in [0.25, 0.3) is 11.3 Å². The maximum atomic E-state index is 13.0. The number of amides is 2. The van der Waals surface area contributed by atoms with E-state index in [1.807, 2.05) is 30.3 Å². The van der Waals surface area contributed by atoms with E-state index in [1.165, 1.54) is 30.4 Å². The van der Waals surface area contributed by atoms with E-state index in [0.717, 1.165) is 11.1 Å². The van der Waals surface area contributed by atoms with Gasteiger partial charge in [0, 0.05) is 17.9 Å². The van der Waals surface area contributed by atoms with E-state index in [9.17, 15) is 14.0 Å². The molecule has 7 heteroatoms. The first-order valence-corrected chi connectivity index (χ1v) is 9.22. The molecule has 0 saturated heterocycles. The quantitative estimate of drug-likeness (QED) is 0.672. The number of nitrogens with one attached hydrogen (secondary N) is 2. The van der Waals surface area contributed by atoms with Crippen molar-refractivity contribution in [3.05, 3.63) is 71.4 Å². The van der Waals surface area contributed by atoms with Crippen LogP contribution in [-0.2, 0) is 9.59 Å². The van der Waals surface area contributed by atoms with Gasteiger partial charge in [-0.05, 0) is 29.8 Å². The fraction of sp³-hybridized carbons (Fsp3) is 0.150. The predicted molar refractivity (Wildman–Crippen MR) is 104 cm³/mol. The molecule has 5 nitrogen and oxygen atoms in total. The summed E-state index contributed by atoms with van der Waals surface area (Å²) in [6.45, 7) is 1.42. The van der Waals surface area contributed by atoms with Crippen molar-refractivity contribution in [1.82, 2.24) is 10.3 Å². The van der Waals surface area contributed by atoms with Crippen molar-refractivity contribution >= 4 is 28.3 Å². The third kappa shape index (κ3) is 5.21. The number of hydrogen-bond acceptors (Lipinski definition) is 4. The van der Waals surface area contributed by atoms with Crippen LogP contribution in [-0.4, -0.2) is 16.8 Å². The number of anilines is 1. The summed E-state index contributed by atoms with van der Waals surface area (Å²) in [4.78, 5) is 28.3. The zero-order valence-corrected chi connectivity index (χ0v) is 15.4. The second-order valence-electron chi connectivity index (χ2n) is 5.96. The molecule has 1 heterocycles. The minimum atomic E-state index is -0.416. The van der Waals surface area contributed by atoms with Crippen LogP contribution in [0.1, 0.15) is 24.9 Å². The fourth-order valence-electron chi connectivity index (χ4n) is 2.62. The largest absolute Gasteiger partial charge is 0.349 e. The van der Waals surface area contributed by atoms with E-state index in [2.05, 4.69) is 15.6 Å². The lowest BCUT2D eigenvalue weighted by Crippen LogP contribution is -2.29. The summed E-state index contributed by atoms with van der Waals surface area (Å²) in [5, 5.41) is 7.81. The fourth-order valence-corrected chi connectivity index (χ4v) is 3.36. The van der Waals surface area contributed by atoms with Gasteiger partial charge >= 0.3 is 0 Å². The molecule has 138 valence electrons. The molecule has 1 aromatic heterocycles. The van der Waals surface area contributed by atoms with E-state index in [-0.39, 0.29) is 24.1 Å². The van der Waals surface area contributed by atoms with E-state index in [4.69, 9.17) is 0 Å². The molecule has 3 rings (SSSR count). The summed E-state index contributed by atoms with van der Waals surface area (Å²) in [7, 11) is 0. The highest BCUT2D eigenvalue weighted by molar-refractivity contribution is 7.14. The van der Waals surface area contributed by atoms with Crippen LogP contribution in [0.4, 0.5) is 9.52 Å². The standard InChI is InChI=1S/C20H18FN3O2S/c1-13(25)22-17(14-5-3-2-4-6-14)11-19(26)24-20-23-18(12-27-20)15-7-9-16(21)10-8-15/h2-10,12,17H,11H2,1H3,(H,22,25)(H,23,24,26). The van der Waals surface area contributed by atoms with Crippen LogP contribution in [0, 0.1) is 5.82 Å². The smallest absolute Gasteiger partial charge is 0.228 e. The Kier molecular flexibility index (Phi) is 5.93. The first-order chi connectivity index (χ1) is 13.0. The first kappa shape index (κ1) is 18.7. The Balaban J connectivity index is 1.67. The second-order valence-corrected chi connectivity index (χ2v) is 6.82. The molecule has 0 aliphatic heterocycles. The number of thiazole rings is 1. The number of aromatic nitrogens is 1. The van der Waals surface area contributed by atoms with Crippen molar-refractivity contribution in [3.8, 4) is 11.3 Å². The van der Waals surface area contributed by atoms with Gasteiger partial charge in [0.2, 0.25) is 11.8 Å². The maximum absolute atomic E-state index is 13.0. The molecule has 0 radical (unpaired) electrons. The van der Waals surface area contributed by atoms with Gasteiger partial charge < -0.3 is 10.6 Å². The molecule has 0 spiro atoms. The normalized spacial score (nSPS) is 11.6. The van der Waals surface area contributed by atoms with Crippen molar-refractivity contribution in [3.63, 3.8) is 0 Å². The molecular weight excluding hydrogens is 365 g/mol. The molecule has 2 N–H and O–H groups in total. The highest BCUT2D eigenvalue weighted by Gasteiger charge is 2.18. The topological polar surface area (TPSA) is 71.1 Å². The van der Waals surface area contributed by atoms with E-state index in [0.29, 0.717) is 10.8 Å². The molecule has 0 aliphatic rings. The Morgan fingerprint density at radius 3 is 2.48 bits per heavy atom. The monoisotopic (exact) mass is 383 g/mol. The van der Waals surface area contributed by atoms with Crippen molar-refractivity contribution in [2.24, 2.45) is 0 Å². The molecule has 0 aliphatic carbocycles. The summed E-state index contributed by atoms with van der Waals surface area (Å²) in [5.41, 5.74) is 2.29. The molecule has 1 atom stereocenters. The van der Waals surface area contributed by atoms with Crippen molar-refractivity contribution < 1.29 is 14.0 Å². The number of carbonyl (C=O) groups excluding carboxylic acids is 2. The number of nitrogens with zero attached hydrogens (tertiary/aromatic N) is 1. The number of benzene rings is 2. The maximum Gasteiger partial charge on any atom is 0.228 e. The summed E-state index contributed by atoms with van der Waals surface area (Å²) in [6.07, 6.45) is 0.0923. The lowest BCUT2D eigenvalue weighted by molar-refractivity contribution is -0.120. The third-order valence-electron chi connectivity index (χ3n) is 3.86. The number of carbonyl (C=O) groups is 2. The Morgan fingerprint density at radius 2 is 1.81 bits per heavy atom. The molecule has 27 heavy (non-hydrogen) atoms. The molecule has 0 saturated carbocycles. The van der Waals surface area contributed by atoms with Gasteiger partial charge in [-0.3, -0.25) is 9.59 Å². The van der Waals surface area contributed by atoms with Crippen LogP contribution in [0.2, 0.25) is 0 Å². The van der Waals surface area contributed by atoms with E-state index in [1.54, 1.807) is 17.5 Å². The molecular formula is C20H18FN3O2S. The molecule has 2 amide bonds. The van der Waals surface area contributed by atoms with Gasteiger partial charge in [0.05, 0.1) is 18.2 Å². The molecule has 3 aromatic rings. The zero-order valence-electron chi connectivity index (χ0n) is 14.6. The summed E-state index contributed by atoms with van der Waals surface area (Å²) in [5.74, 6) is -0.769. The van der Waals surface area contributed by atoms with Crippen LogP contribution in [0.3, 0.4) is 0 Å². The SMILES string of the molecule is CC(=O)NC(CC(=O)Nc1nc(-c2ccc(F)cc2)cs1)c1ccccc1. The van der Waals surface area contributed by atoms with E-state index < -0.39 is 6.04 Å². The minimum absolute atomic E-state index is 0.0923. The van der Waals surface area contributed by atoms with Crippen molar-refractivity contribution in [1.29, 1.82) is 0 Å². The third-order valence-corrected chi connectivity index (χ3v) is 4.62. The van der Waals surface area contributed by atoms with Gasteiger partial charge in [0.25, 0.3) is 0 Å². The molecule has 0 fully saturated rings. The van der Waals surface area contributed by atoms with Crippen LogP contribution >= 0.6 is 11.3 Å². The van der Waals surface area contributed by atoms with Crippen LogP contribution in [0.15, 0.2) is 60.0 Å². The lowest BCUT2D eigenvalue weighted by Gasteiger charge is -2.17. The van der Waals surface area contributed by atoms with Gasteiger partial charge in [-0.1, -0.05) is 30.3 Å². The van der Waals surface area contributed by atoms with E-state index >= 15 is 0 Å². The lowest BCUT2D eigenvalue weighted by atomic mass is 10.0. The Hall–Kier alpha value is -3.06. The van der Waals surface area contributed by atoms with Gasteiger partial charge in [-0.15, -0.1) is 11.3 Å². The van der Waals surface area contributed by atoms with Gasteiger partial charge in [0.15, 0.2) is 5.13 Å². The van der Waals surface area contributed by atoms with Gasteiger partial charge in [0.1, 0.15) is 5.82 Å². The highest BCUT2D eigenvalue weighted by atomic mass is 32.1. The zero-order chi connectivity index (χ0) is 19.2.